The van der Waals surface area contributed by atoms with E-state index in [0.717, 1.165) is 22.0 Å². The molecule has 3 aromatic rings. The van der Waals surface area contributed by atoms with Gasteiger partial charge in [-0.15, -0.1) is 10.2 Å². The van der Waals surface area contributed by atoms with Crippen molar-refractivity contribution in [3.8, 4) is 20.9 Å². The van der Waals surface area contributed by atoms with Gasteiger partial charge < -0.3 is 0 Å². The molecular weight excluding hydrogens is 330 g/mol. The van der Waals surface area contributed by atoms with Gasteiger partial charge in [-0.05, 0) is 53.2 Å². The lowest BCUT2D eigenvalue weighted by molar-refractivity contribution is 0.597. The minimum absolute atomic E-state index is 0.0924. The summed E-state index contributed by atoms with van der Waals surface area (Å²) in [6.07, 6.45) is 3.15. The molecule has 0 bridgehead atoms. The molecule has 21 heavy (non-hydrogen) atoms. The van der Waals surface area contributed by atoms with Crippen LogP contribution in [0.3, 0.4) is 0 Å². The van der Waals surface area contributed by atoms with Crippen LogP contribution in [0.2, 0.25) is 0 Å². The van der Waals surface area contributed by atoms with E-state index in [1.54, 1.807) is 25.3 Å². The minimum atomic E-state index is -3.85. The smallest absolute Gasteiger partial charge is 0.225 e. The summed E-state index contributed by atoms with van der Waals surface area (Å²) in [7, 11) is -3.85. The van der Waals surface area contributed by atoms with Crippen LogP contribution in [0, 0.1) is 6.92 Å². The molecule has 108 valence electrons. The van der Waals surface area contributed by atoms with Crippen molar-refractivity contribution in [2.75, 3.05) is 0 Å². The largest absolute Gasteiger partial charge is 0.238 e. The van der Waals surface area contributed by atoms with Crippen LogP contribution in [0.1, 0.15) is 5.56 Å². The third-order valence-electron chi connectivity index (χ3n) is 2.83. The number of aromatic nitrogens is 4. The van der Waals surface area contributed by atoms with Crippen molar-refractivity contribution < 1.29 is 8.42 Å². The van der Waals surface area contributed by atoms with Crippen molar-refractivity contribution in [2.45, 2.75) is 11.8 Å². The number of nitrogens with zero attached hydrogens (tertiary/aromatic N) is 4. The van der Waals surface area contributed by atoms with Gasteiger partial charge in [0.1, 0.15) is 0 Å². The normalized spacial score (nSPS) is 11.7. The number of nitrogens with two attached hydrogens (primary N) is 1. The second-order valence-electron chi connectivity index (χ2n) is 4.28. The molecule has 0 radical (unpaired) electrons. The average Bonchev–Trinajstić information content (AvgIpc) is 3.10. The maximum absolute atomic E-state index is 11.9. The SMILES string of the molecule is Cc1cc(-c2cnns2)cc(-c2cnns2)c1S(N)(=O)=O. The zero-order valence-electron chi connectivity index (χ0n) is 10.7. The van der Waals surface area contributed by atoms with Crippen LogP contribution in [0.25, 0.3) is 20.9 Å². The molecule has 7 nitrogen and oxygen atoms in total. The predicted octanol–water partition coefficient (Wildman–Crippen LogP) is 1.68. The van der Waals surface area contributed by atoms with E-state index in [9.17, 15) is 8.42 Å². The molecule has 0 fully saturated rings. The molecule has 0 atom stereocenters. The van der Waals surface area contributed by atoms with Crippen LogP contribution in [0.5, 0.6) is 0 Å². The van der Waals surface area contributed by atoms with Crippen molar-refractivity contribution in [1.29, 1.82) is 0 Å². The molecule has 2 N–H and O–H groups in total. The van der Waals surface area contributed by atoms with Gasteiger partial charge in [0.05, 0.1) is 27.0 Å². The molecule has 0 amide bonds. The molecular formula is C11H9N5O2S3. The van der Waals surface area contributed by atoms with Gasteiger partial charge in [-0.3, -0.25) is 0 Å². The van der Waals surface area contributed by atoms with E-state index >= 15 is 0 Å². The highest BCUT2D eigenvalue weighted by Gasteiger charge is 2.21. The summed E-state index contributed by atoms with van der Waals surface area (Å²) in [6, 6.07) is 3.50. The Hall–Kier alpha value is -1.75. The number of aryl methyl sites for hydroxylation is 1. The van der Waals surface area contributed by atoms with Crippen molar-refractivity contribution >= 4 is 33.1 Å². The summed E-state index contributed by atoms with van der Waals surface area (Å²) in [6.45, 7) is 1.70. The van der Waals surface area contributed by atoms with Gasteiger partial charge in [0.2, 0.25) is 10.0 Å². The lowest BCUT2D eigenvalue weighted by Gasteiger charge is -2.11. The maximum Gasteiger partial charge on any atom is 0.238 e. The first-order chi connectivity index (χ1) is 9.97. The van der Waals surface area contributed by atoms with Gasteiger partial charge in [-0.1, -0.05) is 8.98 Å². The summed E-state index contributed by atoms with van der Waals surface area (Å²) in [5.74, 6) is 0. The lowest BCUT2D eigenvalue weighted by atomic mass is 10.0. The van der Waals surface area contributed by atoms with Gasteiger partial charge >= 0.3 is 0 Å². The van der Waals surface area contributed by atoms with Crippen LogP contribution in [0.4, 0.5) is 0 Å². The van der Waals surface area contributed by atoms with Gasteiger partial charge in [0.25, 0.3) is 0 Å². The molecule has 0 aliphatic heterocycles. The number of primary sulfonamides is 1. The maximum atomic E-state index is 11.9. The first-order valence-electron chi connectivity index (χ1n) is 5.70. The molecule has 3 rings (SSSR count). The number of hydrogen-bond donors (Lipinski definition) is 1. The van der Waals surface area contributed by atoms with E-state index in [-0.39, 0.29) is 4.90 Å². The zero-order valence-corrected chi connectivity index (χ0v) is 13.2. The molecule has 2 heterocycles. The Balaban J connectivity index is 2.33. The van der Waals surface area contributed by atoms with E-state index in [1.807, 2.05) is 0 Å². The molecule has 0 saturated heterocycles. The van der Waals surface area contributed by atoms with E-state index in [4.69, 9.17) is 5.14 Å². The van der Waals surface area contributed by atoms with Crippen LogP contribution in [-0.4, -0.2) is 27.6 Å². The second-order valence-corrected chi connectivity index (χ2v) is 7.35. The number of rotatable bonds is 3. The van der Waals surface area contributed by atoms with Crippen molar-refractivity contribution in [3.63, 3.8) is 0 Å². The van der Waals surface area contributed by atoms with Gasteiger partial charge in [-0.25, -0.2) is 13.6 Å². The van der Waals surface area contributed by atoms with Gasteiger partial charge in [0.15, 0.2) is 0 Å². The van der Waals surface area contributed by atoms with Gasteiger partial charge in [-0.2, -0.15) is 0 Å². The quantitative estimate of drug-likeness (QED) is 0.777. The molecule has 0 spiro atoms. The van der Waals surface area contributed by atoms with Crippen molar-refractivity contribution in [2.24, 2.45) is 5.14 Å². The van der Waals surface area contributed by atoms with E-state index in [1.165, 1.54) is 17.7 Å². The topological polar surface area (TPSA) is 112 Å². The van der Waals surface area contributed by atoms with E-state index in [0.29, 0.717) is 16.0 Å². The number of sulfonamides is 1. The Morgan fingerprint density at radius 1 is 1.05 bits per heavy atom. The fraction of sp³-hybridized carbons (Fsp3) is 0.0909. The standard InChI is InChI=1S/C11H9N5O2S3/c1-6-2-7(9-4-13-15-19-9)3-8(10-5-14-16-20-10)11(6)21(12,17)18/h2-5H,1H3,(H2,12,17,18). The van der Waals surface area contributed by atoms with E-state index in [2.05, 4.69) is 19.2 Å². The second kappa shape index (κ2) is 5.22. The zero-order chi connectivity index (χ0) is 15.0. The Morgan fingerprint density at radius 2 is 1.67 bits per heavy atom. The molecule has 0 saturated carbocycles. The summed E-state index contributed by atoms with van der Waals surface area (Å²) < 4.78 is 31.4. The van der Waals surface area contributed by atoms with E-state index < -0.39 is 10.0 Å². The predicted molar refractivity (Wildman–Crippen MR) is 80.4 cm³/mol. The molecule has 1 aromatic carbocycles. The average molecular weight is 339 g/mol. The summed E-state index contributed by atoms with van der Waals surface area (Å²) >= 11 is 2.35. The molecule has 2 aromatic heterocycles. The highest BCUT2D eigenvalue weighted by atomic mass is 32.2. The summed E-state index contributed by atoms with van der Waals surface area (Å²) in [5.41, 5.74) is 1.89. The molecule has 10 heteroatoms. The highest BCUT2D eigenvalue weighted by Crippen LogP contribution is 2.36. The molecule has 0 aliphatic rings. The first kappa shape index (κ1) is 14.2. The Bertz CT molecular complexity index is 873. The van der Waals surface area contributed by atoms with Crippen LogP contribution in [0.15, 0.2) is 29.4 Å². The van der Waals surface area contributed by atoms with Crippen LogP contribution in [-0.2, 0) is 10.0 Å². The first-order valence-corrected chi connectivity index (χ1v) is 8.79. The van der Waals surface area contributed by atoms with Crippen molar-refractivity contribution in [1.82, 2.24) is 19.2 Å². The monoisotopic (exact) mass is 339 g/mol. The van der Waals surface area contributed by atoms with Gasteiger partial charge in [0, 0.05) is 5.56 Å². The minimum Gasteiger partial charge on any atom is -0.225 e. The summed E-state index contributed by atoms with van der Waals surface area (Å²) in [4.78, 5) is 1.58. The molecule has 0 unspecified atom stereocenters. The Kier molecular flexibility index (Phi) is 3.53. The van der Waals surface area contributed by atoms with Crippen LogP contribution < -0.4 is 5.14 Å². The number of hydrogen-bond acceptors (Lipinski definition) is 8. The lowest BCUT2D eigenvalue weighted by Crippen LogP contribution is -2.15. The fourth-order valence-electron chi connectivity index (χ4n) is 2.06. The number of benzene rings is 1. The third kappa shape index (κ3) is 2.70. The third-order valence-corrected chi connectivity index (χ3v) is 5.35. The molecule has 0 aliphatic carbocycles. The fourth-order valence-corrected chi connectivity index (χ4v) is 4.14. The Morgan fingerprint density at radius 3 is 2.19 bits per heavy atom. The Labute approximate surface area is 128 Å². The highest BCUT2D eigenvalue weighted by molar-refractivity contribution is 7.89. The summed E-state index contributed by atoms with van der Waals surface area (Å²) in [5, 5.41) is 12.9. The van der Waals surface area contributed by atoms with Crippen LogP contribution >= 0.6 is 23.1 Å². The van der Waals surface area contributed by atoms with Crippen molar-refractivity contribution in [3.05, 3.63) is 30.1 Å².